The van der Waals surface area contributed by atoms with Crippen LogP contribution in [-0.4, -0.2) is 139 Å². The van der Waals surface area contributed by atoms with E-state index < -0.39 is 85.1 Å². The van der Waals surface area contributed by atoms with Crippen molar-refractivity contribution >= 4 is 5.97 Å². The molecule has 3 heterocycles. The summed E-state index contributed by atoms with van der Waals surface area (Å²) in [7, 11) is 0. The van der Waals surface area contributed by atoms with Gasteiger partial charge >= 0.3 is 5.97 Å². The SMILES string of the molecule is C[C@H]1O[C@@H](O[C@H]2CC[C@@]3(C)[C@H](CC[C@@H]4[C@@H]3[C@H](O)C[C@]3(C)[C@@H](C5=CC(=O)OC5)CC[C@]43O)C2)[C@H](O)[C@H](O)[C@@H]1O[C@H]1O[C@H](CO)[C@@H](O)[C@@H](O)[C@H]1O. The summed E-state index contributed by atoms with van der Waals surface area (Å²) < 4.78 is 28.7. The van der Waals surface area contributed by atoms with Crippen LogP contribution in [0.25, 0.3) is 0 Å². The highest BCUT2D eigenvalue weighted by Crippen LogP contribution is 2.70. The maximum atomic E-state index is 12.5. The topological polar surface area (TPSA) is 225 Å². The number of carbonyl (C=O) groups excluding carboxylic acids is 1. The van der Waals surface area contributed by atoms with Crippen molar-refractivity contribution in [1.29, 1.82) is 0 Å². The van der Waals surface area contributed by atoms with Gasteiger partial charge in [0.25, 0.3) is 0 Å². The van der Waals surface area contributed by atoms with Gasteiger partial charge in [0.15, 0.2) is 12.6 Å². The predicted molar refractivity (Wildman–Crippen MR) is 167 cm³/mol. The van der Waals surface area contributed by atoms with Crippen molar-refractivity contribution in [3.8, 4) is 0 Å². The van der Waals surface area contributed by atoms with Gasteiger partial charge in [-0.25, -0.2) is 4.79 Å². The third-order valence-corrected chi connectivity index (χ3v) is 14.1. The van der Waals surface area contributed by atoms with E-state index in [0.29, 0.717) is 25.7 Å². The fraction of sp³-hybridized carbons (Fsp3) is 0.914. The molecule has 0 radical (unpaired) electrons. The molecule has 8 N–H and O–H groups in total. The molecule has 0 amide bonds. The van der Waals surface area contributed by atoms with E-state index in [9.17, 15) is 45.6 Å². The molecule has 2 saturated heterocycles. The molecule has 4 aliphatic carbocycles. The molecule has 7 rings (SSSR count). The zero-order valence-electron chi connectivity index (χ0n) is 28.4. The second-order valence-corrected chi connectivity index (χ2v) is 16.5. The Bertz CT molecular complexity index is 1280. The van der Waals surface area contributed by atoms with Gasteiger partial charge < -0.3 is 64.5 Å². The Morgan fingerprint density at radius 1 is 0.878 bits per heavy atom. The first-order valence-corrected chi connectivity index (χ1v) is 18.0. The lowest BCUT2D eigenvalue weighted by Gasteiger charge is -2.65. The van der Waals surface area contributed by atoms with Gasteiger partial charge in [-0.05, 0) is 93.0 Å². The molecule has 7 aliphatic rings. The van der Waals surface area contributed by atoms with Gasteiger partial charge in [0.2, 0.25) is 0 Å². The molecule has 14 nitrogen and oxygen atoms in total. The average molecular weight is 699 g/mol. The molecule has 0 bridgehead atoms. The normalized spacial score (nSPS) is 56.0. The first-order valence-electron chi connectivity index (χ1n) is 18.0. The Labute approximate surface area is 285 Å². The Kier molecular flexibility index (Phi) is 9.57. The Balaban J connectivity index is 0.995. The molecular formula is C35H54O14. The fourth-order valence-electron chi connectivity index (χ4n) is 11.4. The number of esters is 1. The molecule has 278 valence electrons. The van der Waals surface area contributed by atoms with E-state index in [4.69, 9.17) is 23.7 Å². The van der Waals surface area contributed by atoms with Crippen molar-refractivity contribution in [2.24, 2.45) is 34.5 Å². The summed E-state index contributed by atoms with van der Waals surface area (Å²) in [5.74, 6) is -0.342. The third kappa shape index (κ3) is 5.64. The molecule has 0 aromatic carbocycles. The lowest BCUT2D eigenvalue weighted by Crippen LogP contribution is -2.66. The highest BCUT2D eigenvalue weighted by Gasteiger charge is 2.70. The summed E-state index contributed by atoms with van der Waals surface area (Å²) in [4.78, 5) is 11.9. The van der Waals surface area contributed by atoms with Gasteiger partial charge in [-0.2, -0.15) is 0 Å². The number of hydrogen-bond donors (Lipinski definition) is 8. The van der Waals surface area contributed by atoms with Crippen molar-refractivity contribution < 1.29 is 69.3 Å². The largest absolute Gasteiger partial charge is 0.458 e. The van der Waals surface area contributed by atoms with Crippen LogP contribution in [0.15, 0.2) is 11.6 Å². The summed E-state index contributed by atoms with van der Waals surface area (Å²) in [5, 5.41) is 86.6. The van der Waals surface area contributed by atoms with E-state index in [1.165, 1.54) is 0 Å². The zero-order valence-corrected chi connectivity index (χ0v) is 28.4. The number of fused-ring (bicyclic) bond motifs is 5. The fourth-order valence-corrected chi connectivity index (χ4v) is 11.4. The van der Waals surface area contributed by atoms with E-state index in [-0.39, 0.29) is 47.8 Å². The predicted octanol–water partition coefficient (Wildman–Crippen LogP) is -0.749. The lowest BCUT2D eigenvalue weighted by molar-refractivity contribution is -0.360. The quantitative estimate of drug-likeness (QED) is 0.126. The van der Waals surface area contributed by atoms with Crippen molar-refractivity contribution in [2.45, 2.75) is 151 Å². The van der Waals surface area contributed by atoms with Crippen LogP contribution in [0.2, 0.25) is 0 Å². The molecule has 3 aliphatic heterocycles. The molecular weight excluding hydrogens is 644 g/mol. The smallest absolute Gasteiger partial charge is 0.331 e. The summed E-state index contributed by atoms with van der Waals surface area (Å²) >= 11 is 0. The number of rotatable bonds is 6. The van der Waals surface area contributed by atoms with Gasteiger partial charge in [-0.1, -0.05) is 13.8 Å². The summed E-state index contributed by atoms with van der Waals surface area (Å²) in [6.45, 7) is 5.54. The van der Waals surface area contributed by atoms with Crippen LogP contribution < -0.4 is 0 Å². The molecule has 0 aromatic heterocycles. The molecule has 19 atom stereocenters. The Morgan fingerprint density at radius 3 is 2.29 bits per heavy atom. The maximum absolute atomic E-state index is 12.5. The molecule has 14 heteroatoms. The van der Waals surface area contributed by atoms with Crippen molar-refractivity contribution in [2.75, 3.05) is 13.2 Å². The highest BCUT2D eigenvalue weighted by atomic mass is 16.7. The molecule has 49 heavy (non-hydrogen) atoms. The van der Waals surface area contributed by atoms with Crippen LogP contribution in [0, 0.1) is 34.5 Å². The van der Waals surface area contributed by atoms with E-state index in [1.807, 2.05) is 0 Å². The maximum Gasteiger partial charge on any atom is 0.331 e. The Hall–Kier alpha value is -1.27. The minimum absolute atomic E-state index is 0.0175. The van der Waals surface area contributed by atoms with Crippen LogP contribution in [-0.2, 0) is 28.5 Å². The second kappa shape index (κ2) is 13.0. The minimum atomic E-state index is -1.67. The third-order valence-electron chi connectivity index (χ3n) is 14.1. The standard InChI is InChI=1S/C35H54O14/c1-15-30(49-32-28(42)26(40)25(39)22(13-36)48-32)27(41)29(43)31(46-15)47-18-6-8-33(2)17(11-18)4-5-20-24(33)21(37)12-34(3)19(7-9-35(20,34)44)16-10-23(38)45-14-16/h10,15,17-22,24-32,36-37,39-44H,4-9,11-14H2,1-3H3/t15-,17-,18+,19-,20-,21-,22-,24-,25-,26-,27+,28-,29-,30-,31+,32-,33+,34-,35+/m1/s1. The van der Waals surface area contributed by atoms with E-state index in [1.54, 1.807) is 13.0 Å². The van der Waals surface area contributed by atoms with Gasteiger partial charge in [-0.3, -0.25) is 0 Å². The van der Waals surface area contributed by atoms with Gasteiger partial charge in [0, 0.05) is 11.5 Å². The minimum Gasteiger partial charge on any atom is -0.458 e. The van der Waals surface area contributed by atoms with Crippen LogP contribution in [0.3, 0.4) is 0 Å². The van der Waals surface area contributed by atoms with Gasteiger partial charge in [-0.15, -0.1) is 0 Å². The first-order chi connectivity index (χ1) is 23.1. The van der Waals surface area contributed by atoms with E-state index in [2.05, 4.69) is 13.8 Å². The number of carbonyl (C=O) groups is 1. The molecule has 4 saturated carbocycles. The Morgan fingerprint density at radius 2 is 1.59 bits per heavy atom. The number of ether oxygens (including phenoxy) is 5. The van der Waals surface area contributed by atoms with Crippen molar-refractivity contribution in [3.63, 3.8) is 0 Å². The molecule has 0 spiro atoms. The van der Waals surface area contributed by atoms with Crippen LogP contribution in [0.1, 0.15) is 72.1 Å². The second-order valence-electron chi connectivity index (χ2n) is 16.5. The highest BCUT2D eigenvalue weighted by molar-refractivity contribution is 5.85. The lowest BCUT2D eigenvalue weighted by atomic mass is 9.42. The van der Waals surface area contributed by atoms with Crippen LogP contribution >= 0.6 is 0 Å². The summed E-state index contributed by atoms with van der Waals surface area (Å²) in [5.41, 5.74) is -0.847. The molecule has 0 aromatic rings. The van der Waals surface area contributed by atoms with Crippen molar-refractivity contribution in [3.05, 3.63) is 11.6 Å². The van der Waals surface area contributed by atoms with Crippen molar-refractivity contribution in [1.82, 2.24) is 0 Å². The number of aliphatic hydroxyl groups excluding tert-OH is 7. The van der Waals surface area contributed by atoms with Gasteiger partial charge in [0.1, 0.15) is 49.3 Å². The zero-order chi connectivity index (χ0) is 35.2. The molecule has 6 fully saturated rings. The monoisotopic (exact) mass is 698 g/mol. The van der Waals surface area contributed by atoms with E-state index in [0.717, 1.165) is 31.3 Å². The molecule has 0 unspecified atom stereocenters. The number of cyclic esters (lactones) is 1. The number of aliphatic hydroxyl groups is 8. The van der Waals surface area contributed by atoms with Crippen LogP contribution in [0.5, 0.6) is 0 Å². The summed E-state index contributed by atoms with van der Waals surface area (Å²) in [6.07, 6.45) is -7.62. The van der Waals surface area contributed by atoms with E-state index >= 15 is 0 Å². The number of hydrogen-bond acceptors (Lipinski definition) is 14. The van der Waals surface area contributed by atoms with Gasteiger partial charge in [0.05, 0.1) is 30.5 Å². The average Bonchev–Trinajstić information content (AvgIpc) is 3.60. The first kappa shape index (κ1) is 36.1. The summed E-state index contributed by atoms with van der Waals surface area (Å²) in [6, 6.07) is 0. The van der Waals surface area contributed by atoms with Crippen LogP contribution in [0.4, 0.5) is 0 Å².